The van der Waals surface area contributed by atoms with E-state index in [2.05, 4.69) is 20.8 Å². The first-order valence-electron chi connectivity index (χ1n) is 5.64. The Balaban J connectivity index is 3.19. The predicted molar refractivity (Wildman–Crippen MR) is 57.1 cm³/mol. The minimum atomic E-state index is 0.958. The Kier molecular flexibility index (Phi) is 9.09. The molecule has 0 fully saturated rings. The molecule has 0 N–H and O–H groups in total. The van der Waals surface area contributed by atoms with Crippen molar-refractivity contribution < 1.29 is 0 Å². The highest BCUT2D eigenvalue weighted by atomic mass is 14.1. The number of unbranched alkanes of at least 4 members (excludes halogenated alkanes) is 3. The molecule has 1 unspecified atom stereocenters. The summed E-state index contributed by atoms with van der Waals surface area (Å²) in [5, 5.41) is 0. The molecule has 0 aliphatic carbocycles. The molecular weight excluding hydrogens is 144 g/mol. The summed E-state index contributed by atoms with van der Waals surface area (Å²) in [6, 6.07) is 0. The van der Waals surface area contributed by atoms with Crippen molar-refractivity contribution in [3.63, 3.8) is 0 Å². The van der Waals surface area contributed by atoms with Crippen LogP contribution in [0.3, 0.4) is 0 Å². The van der Waals surface area contributed by atoms with E-state index in [1.54, 1.807) is 0 Å². The van der Waals surface area contributed by atoms with E-state index in [9.17, 15) is 0 Å². The molecule has 0 aliphatic rings. The molecule has 0 nitrogen and oxygen atoms in total. The van der Waals surface area contributed by atoms with Gasteiger partial charge in [-0.15, -0.1) is 0 Å². The lowest BCUT2D eigenvalue weighted by Gasteiger charge is -2.12. The predicted octanol–water partition coefficient (Wildman–Crippen LogP) is 4.60. The maximum absolute atomic E-state index is 3.92. The summed E-state index contributed by atoms with van der Waals surface area (Å²) in [7, 11) is 0. The Labute approximate surface area is 78.8 Å². The van der Waals surface area contributed by atoms with Crippen LogP contribution < -0.4 is 0 Å². The Bertz CT molecular complexity index is 76.1. The molecule has 0 rings (SSSR count). The molecule has 0 spiro atoms. The third-order valence-electron chi connectivity index (χ3n) is 2.66. The van der Waals surface area contributed by atoms with Gasteiger partial charge < -0.3 is 0 Å². The van der Waals surface area contributed by atoms with Gasteiger partial charge in [0.05, 0.1) is 0 Å². The van der Waals surface area contributed by atoms with Gasteiger partial charge >= 0.3 is 0 Å². The lowest BCUT2D eigenvalue weighted by molar-refractivity contribution is 0.416. The van der Waals surface area contributed by atoms with Crippen molar-refractivity contribution in [2.75, 3.05) is 0 Å². The van der Waals surface area contributed by atoms with Crippen molar-refractivity contribution in [1.29, 1.82) is 0 Å². The van der Waals surface area contributed by atoms with Gasteiger partial charge in [0, 0.05) is 0 Å². The van der Waals surface area contributed by atoms with Crippen LogP contribution in [0.25, 0.3) is 0 Å². The van der Waals surface area contributed by atoms with Gasteiger partial charge in [-0.2, -0.15) is 0 Å². The number of rotatable bonds is 8. The Morgan fingerprint density at radius 3 is 2.25 bits per heavy atom. The van der Waals surface area contributed by atoms with Crippen LogP contribution in [0.5, 0.6) is 0 Å². The summed E-state index contributed by atoms with van der Waals surface area (Å²) >= 11 is 0. The first-order chi connectivity index (χ1) is 5.85. The lowest BCUT2D eigenvalue weighted by atomic mass is 9.94. The molecule has 1 radical (unpaired) electrons. The van der Waals surface area contributed by atoms with E-state index in [0.29, 0.717) is 0 Å². The van der Waals surface area contributed by atoms with Crippen molar-refractivity contribution in [1.82, 2.24) is 0 Å². The molecule has 0 aromatic heterocycles. The molecule has 12 heavy (non-hydrogen) atoms. The van der Waals surface area contributed by atoms with E-state index in [1.807, 2.05) is 0 Å². The lowest BCUT2D eigenvalue weighted by Crippen LogP contribution is -1.97. The highest BCUT2D eigenvalue weighted by molar-refractivity contribution is 4.58. The zero-order chi connectivity index (χ0) is 9.23. The smallest absolute Gasteiger partial charge is 0.0417 e. The van der Waals surface area contributed by atoms with E-state index in [1.165, 1.54) is 44.9 Å². The van der Waals surface area contributed by atoms with Gasteiger partial charge in [-0.3, -0.25) is 0 Å². The largest absolute Gasteiger partial charge is 0.0654 e. The second kappa shape index (κ2) is 9.09. The van der Waals surface area contributed by atoms with Gasteiger partial charge in [0.25, 0.3) is 0 Å². The van der Waals surface area contributed by atoms with Crippen molar-refractivity contribution in [3.05, 3.63) is 6.92 Å². The summed E-state index contributed by atoms with van der Waals surface area (Å²) in [4.78, 5) is 0. The molecule has 0 saturated heterocycles. The molecule has 0 heterocycles. The average Bonchev–Trinajstić information content (AvgIpc) is 2.10. The van der Waals surface area contributed by atoms with Crippen LogP contribution in [0.15, 0.2) is 0 Å². The zero-order valence-electron chi connectivity index (χ0n) is 8.94. The van der Waals surface area contributed by atoms with Crippen molar-refractivity contribution in [2.45, 2.75) is 65.2 Å². The van der Waals surface area contributed by atoms with E-state index < -0.39 is 0 Å². The van der Waals surface area contributed by atoms with Gasteiger partial charge in [-0.1, -0.05) is 72.1 Å². The third kappa shape index (κ3) is 6.69. The second-order valence-corrected chi connectivity index (χ2v) is 3.77. The van der Waals surface area contributed by atoms with Gasteiger partial charge in [0.1, 0.15) is 0 Å². The molecule has 0 aliphatic heterocycles. The van der Waals surface area contributed by atoms with Gasteiger partial charge in [-0.25, -0.2) is 0 Å². The van der Waals surface area contributed by atoms with Crippen LogP contribution >= 0.6 is 0 Å². The summed E-state index contributed by atoms with van der Waals surface area (Å²) in [6.45, 7) is 8.49. The fourth-order valence-electron chi connectivity index (χ4n) is 1.70. The van der Waals surface area contributed by atoms with E-state index in [0.717, 1.165) is 12.3 Å². The van der Waals surface area contributed by atoms with Crippen LogP contribution in [0.4, 0.5) is 0 Å². The summed E-state index contributed by atoms with van der Waals surface area (Å²) in [5.74, 6) is 0.958. The second-order valence-electron chi connectivity index (χ2n) is 3.77. The number of hydrogen-bond donors (Lipinski definition) is 0. The van der Waals surface area contributed by atoms with Crippen LogP contribution in [0, 0.1) is 12.8 Å². The van der Waals surface area contributed by atoms with Crippen molar-refractivity contribution in [3.8, 4) is 0 Å². The minimum Gasteiger partial charge on any atom is -0.0654 e. The van der Waals surface area contributed by atoms with Crippen LogP contribution in [-0.2, 0) is 0 Å². The molecule has 0 aromatic carbocycles. The SMILES string of the molecule is [CH2]CCC(CC)CCCCCC. The van der Waals surface area contributed by atoms with Crippen molar-refractivity contribution in [2.24, 2.45) is 5.92 Å². The monoisotopic (exact) mass is 169 g/mol. The molecule has 0 bridgehead atoms. The minimum absolute atomic E-state index is 0.958. The molecule has 73 valence electrons. The zero-order valence-corrected chi connectivity index (χ0v) is 8.94. The van der Waals surface area contributed by atoms with Gasteiger partial charge in [0.2, 0.25) is 0 Å². The van der Waals surface area contributed by atoms with Gasteiger partial charge in [0.15, 0.2) is 0 Å². The molecule has 0 saturated carbocycles. The fourth-order valence-corrected chi connectivity index (χ4v) is 1.70. The Morgan fingerprint density at radius 2 is 1.75 bits per heavy atom. The molecule has 0 aromatic rings. The summed E-state index contributed by atoms with van der Waals surface area (Å²) < 4.78 is 0. The molecule has 0 amide bonds. The highest BCUT2D eigenvalue weighted by Crippen LogP contribution is 2.18. The Hall–Kier alpha value is 0. The third-order valence-corrected chi connectivity index (χ3v) is 2.66. The first kappa shape index (κ1) is 12.0. The van der Waals surface area contributed by atoms with E-state index in [-0.39, 0.29) is 0 Å². The highest BCUT2D eigenvalue weighted by Gasteiger charge is 2.03. The van der Waals surface area contributed by atoms with Crippen molar-refractivity contribution >= 4 is 0 Å². The topological polar surface area (TPSA) is 0 Å². The van der Waals surface area contributed by atoms with E-state index >= 15 is 0 Å². The van der Waals surface area contributed by atoms with Crippen LogP contribution in [0.1, 0.15) is 65.2 Å². The molecular formula is C12H25. The average molecular weight is 169 g/mol. The number of hydrogen-bond acceptors (Lipinski definition) is 0. The normalized spacial score (nSPS) is 13.2. The fraction of sp³-hybridized carbons (Fsp3) is 0.917. The Morgan fingerprint density at radius 1 is 1.00 bits per heavy atom. The summed E-state index contributed by atoms with van der Waals surface area (Å²) in [6.07, 6.45) is 10.9. The summed E-state index contributed by atoms with van der Waals surface area (Å²) in [5.41, 5.74) is 0. The maximum atomic E-state index is 3.92. The first-order valence-corrected chi connectivity index (χ1v) is 5.64. The molecule has 1 atom stereocenters. The molecule has 0 heteroatoms. The van der Waals surface area contributed by atoms with E-state index in [4.69, 9.17) is 0 Å². The van der Waals surface area contributed by atoms with Crippen LogP contribution in [0.2, 0.25) is 0 Å². The quantitative estimate of drug-likeness (QED) is 0.466. The van der Waals surface area contributed by atoms with Gasteiger partial charge in [-0.05, 0) is 5.92 Å². The maximum Gasteiger partial charge on any atom is -0.0417 e. The standard InChI is InChI=1S/C12H25/c1-4-7-8-9-11-12(6-3)10-5-2/h12H,2,4-11H2,1,3H3. The van der Waals surface area contributed by atoms with Crippen LogP contribution in [-0.4, -0.2) is 0 Å².